The first-order valence-electron chi connectivity index (χ1n) is 5.36. The molecule has 0 aromatic carbocycles. The van der Waals surface area contributed by atoms with E-state index in [4.69, 9.17) is 10.5 Å². The van der Waals surface area contributed by atoms with Crippen LogP contribution >= 0.6 is 0 Å². The van der Waals surface area contributed by atoms with Gasteiger partial charge in [0, 0.05) is 26.3 Å². The van der Waals surface area contributed by atoms with Crippen LogP contribution in [0.1, 0.15) is 23.3 Å². The number of nitrogens with one attached hydrogen (secondary N) is 1. The second kappa shape index (κ2) is 4.52. The molecule has 16 heavy (non-hydrogen) atoms. The number of aryl methyl sites for hydroxylation is 1. The molecule has 2 rings (SSSR count). The van der Waals surface area contributed by atoms with E-state index in [9.17, 15) is 4.79 Å². The van der Waals surface area contributed by atoms with Gasteiger partial charge in [-0.1, -0.05) is 0 Å². The maximum absolute atomic E-state index is 11.8. The lowest BCUT2D eigenvalue weighted by atomic mass is 10.2. The first-order chi connectivity index (χ1) is 7.66. The number of nitrogens with zero attached hydrogens (tertiary/aromatic N) is 2. The minimum Gasteiger partial charge on any atom is -0.382 e. The number of carbonyl (C=O) groups is 1. The number of rotatable bonds is 3. The number of hydrogen-bond donors (Lipinski definition) is 2. The molecule has 1 aromatic rings. The normalized spacial score (nSPS) is 19.9. The van der Waals surface area contributed by atoms with Crippen LogP contribution in [0, 0.1) is 0 Å². The molecule has 1 aliphatic rings. The Morgan fingerprint density at radius 3 is 3.19 bits per heavy atom. The van der Waals surface area contributed by atoms with E-state index in [1.807, 2.05) is 0 Å². The molecule has 1 aromatic heterocycles. The second-order valence-electron chi connectivity index (χ2n) is 3.92. The third-order valence-corrected chi connectivity index (χ3v) is 2.65. The van der Waals surface area contributed by atoms with E-state index in [-0.39, 0.29) is 12.0 Å². The highest BCUT2D eigenvalue weighted by atomic mass is 16.5. The fourth-order valence-electron chi connectivity index (χ4n) is 1.80. The summed E-state index contributed by atoms with van der Waals surface area (Å²) in [6, 6.07) is 1.56. The van der Waals surface area contributed by atoms with Crippen molar-refractivity contribution in [2.75, 3.05) is 18.9 Å². The molecule has 1 atom stereocenters. The van der Waals surface area contributed by atoms with Crippen molar-refractivity contribution < 1.29 is 9.53 Å². The van der Waals surface area contributed by atoms with Crippen LogP contribution < -0.4 is 11.1 Å². The SMILES string of the molecule is Cn1nc(N)cc1C(=O)NC[C@H]1CCCO1. The maximum Gasteiger partial charge on any atom is 0.269 e. The zero-order valence-electron chi connectivity index (χ0n) is 9.27. The predicted molar refractivity (Wildman–Crippen MR) is 58.9 cm³/mol. The zero-order chi connectivity index (χ0) is 11.5. The molecule has 0 spiro atoms. The van der Waals surface area contributed by atoms with Gasteiger partial charge in [-0.3, -0.25) is 9.48 Å². The largest absolute Gasteiger partial charge is 0.382 e. The van der Waals surface area contributed by atoms with E-state index in [1.54, 1.807) is 13.1 Å². The van der Waals surface area contributed by atoms with Gasteiger partial charge in [0.2, 0.25) is 0 Å². The lowest BCUT2D eigenvalue weighted by Crippen LogP contribution is -2.32. The molecular formula is C10H16N4O2. The second-order valence-corrected chi connectivity index (χ2v) is 3.92. The van der Waals surface area contributed by atoms with E-state index in [1.165, 1.54) is 4.68 Å². The number of ether oxygens (including phenoxy) is 1. The summed E-state index contributed by atoms with van der Waals surface area (Å²) >= 11 is 0. The van der Waals surface area contributed by atoms with E-state index < -0.39 is 0 Å². The van der Waals surface area contributed by atoms with Crippen LogP contribution in [-0.4, -0.2) is 34.9 Å². The van der Waals surface area contributed by atoms with E-state index in [2.05, 4.69) is 10.4 Å². The van der Waals surface area contributed by atoms with Crippen LogP contribution in [0.25, 0.3) is 0 Å². The van der Waals surface area contributed by atoms with Gasteiger partial charge in [-0.05, 0) is 12.8 Å². The van der Waals surface area contributed by atoms with Crippen LogP contribution in [0.5, 0.6) is 0 Å². The van der Waals surface area contributed by atoms with Crippen LogP contribution in [-0.2, 0) is 11.8 Å². The van der Waals surface area contributed by atoms with Crippen molar-refractivity contribution in [1.82, 2.24) is 15.1 Å². The Labute approximate surface area is 93.8 Å². The van der Waals surface area contributed by atoms with E-state index >= 15 is 0 Å². The Kier molecular flexibility index (Phi) is 3.09. The first kappa shape index (κ1) is 10.9. The van der Waals surface area contributed by atoms with Gasteiger partial charge in [0.25, 0.3) is 5.91 Å². The van der Waals surface area contributed by atoms with Gasteiger partial charge >= 0.3 is 0 Å². The lowest BCUT2D eigenvalue weighted by Gasteiger charge is -2.10. The molecule has 6 nitrogen and oxygen atoms in total. The number of amides is 1. The fraction of sp³-hybridized carbons (Fsp3) is 0.600. The van der Waals surface area contributed by atoms with E-state index in [0.717, 1.165) is 19.4 Å². The molecule has 3 N–H and O–H groups in total. The smallest absolute Gasteiger partial charge is 0.269 e. The van der Waals surface area contributed by atoms with Gasteiger partial charge in [-0.2, -0.15) is 5.10 Å². The molecule has 88 valence electrons. The maximum atomic E-state index is 11.8. The Hall–Kier alpha value is -1.56. The average molecular weight is 224 g/mol. The van der Waals surface area contributed by atoms with Crippen molar-refractivity contribution in [3.05, 3.63) is 11.8 Å². The zero-order valence-corrected chi connectivity index (χ0v) is 9.27. The van der Waals surface area contributed by atoms with Gasteiger partial charge in [0.15, 0.2) is 0 Å². The monoisotopic (exact) mass is 224 g/mol. The molecule has 1 saturated heterocycles. The summed E-state index contributed by atoms with van der Waals surface area (Å²) in [6.45, 7) is 1.34. The van der Waals surface area contributed by atoms with Crippen molar-refractivity contribution in [3.8, 4) is 0 Å². The van der Waals surface area contributed by atoms with Crippen molar-refractivity contribution in [1.29, 1.82) is 0 Å². The van der Waals surface area contributed by atoms with Crippen molar-refractivity contribution in [2.24, 2.45) is 7.05 Å². The molecule has 1 fully saturated rings. The molecule has 0 unspecified atom stereocenters. The summed E-state index contributed by atoms with van der Waals surface area (Å²) < 4.78 is 6.89. The summed E-state index contributed by atoms with van der Waals surface area (Å²) in [4.78, 5) is 11.8. The Balaban J connectivity index is 1.90. The molecule has 1 amide bonds. The predicted octanol–water partition coefficient (Wildman–Crippen LogP) is -0.0889. The molecule has 2 heterocycles. The van der Waals surface area contributed by atoms with Gasteiger partial charge < -0.3 is 15.8 Å². The third-order valence-electron chi connectivity index (χ3n) is 2.65. The minimum atomic E-state index is -0.165. The molecule has 1 aliphatic heterocycles. The highest BCUT2D eigenvalue weighted by molar-refractivity contribution is 5.93. The van der Waals surface area contributed by atoms with Crippen LogP contribution in [0.15, 0.2) is 6.07 Å². The fourth-order valence-corrected chi connectivity index (χ4v) is 1.80. The molecule has 6 heteroatoms. The summed E-state index contributed by atoms with van der Waals surface area (Å²) in [5.41, 5.74) is 5.97. The highest BCUT2D eigenvalue weighted by Crippen LogP contribution is 2.11. The molecule has 0 aliphatic carbocycles. The molecule has 0 bridgehead atoms. The minimum absolute atomic E-state index is 0.148. The van der Waals surface area contributed by atoms with E-state index in [0.29, 0.717) is 18.1 Å². The van der Waals surface area contributed by atoms with Crippen LogP contribution in [0.4, 0.5) is 5.82 Å². The van der Waals surface area contributed by atoms with Crippen molar-refractivity contribution in [2.45, 2.75) is 18.9 Å². The molecular weight excluding hydrogens is 208 g/mol. The number of hydrogen-bond acceptors (Lipinski definition) is 4. The van der Waals surface area contributed by atoms with Gasteiger partial charge in [0.05, 0.1) is 6.10 Å². The Bertz CT molecular complexity index is 382. The standard InChI is InChI=1S/C10H16N4O2/c1-14-8(5-9(11)13-14)10(15)12-6-7-3-2-4-16-7/h5,7H,2-4,6H2,1H3,(H2,11,13)(H,12,15)/t7-/m1/s1. The van der Waals surface area contributed by atoms with Crippen LogP contribution in [0.3, 0.4) is 0 Å². The van der Waals surface area contributed by atoms with Crippen molar-refractivity contribution >= 4 is 11.7 Å². The first-order valence-corrected chi connectivity index (χ1v) is 5.36. The molecule has 0 radical (unpaired) electrons. The third kappa shape index (κ3) is 2.33. The highest BCUT2D eigenvalue weighted by Gasteiger charge is 2.18. The number of nitrogen functional groups attached to an aromatic ring is 1. The van der Waals surface area contributed by atoms with Crippen LogP contribution in [0.2, 0.25) is 0 Å². The van der Waals surface area contributed by atoms with Gasteiger partial charge in [0.1, 0.15) is 11.5 Å². The summed E-state index contributed by atoms with van der Waals surface area (Å²) in [6.07, 6.45) is 2.22. The molecule has 0 saturated carbocycles. The number of aromatic nitrogens is 2. The lowest BCUT2D eigenvalue weighted by molar-refractivity contribution is 0.0850. The average Bonchev–Trinajstić information content (AvgIpc) is 2.84. The summed E-state index contributed by atoms with van der Waals surface area (Å²) in [7, 11) is 1.69. The van der Waals surface area contributed by atoms with Gasteiger partial charge in [-0.15, -0.1) is 0 Å². The number of nitrogens with two attached hydrogens (primary N) is 1. The number of carbonyl (C=O) groups excluding carboxylic acids is 1. The topological polar surface area (TPSA) is 82.2 Å². The summed E-state index contributed by atoms with van der Waals surface area (Å²) in [5, 5.41) is 6.73. The quantitative estimate of drug-likeness (QED) is 0.751. The van der Waals surface area contributed by atoms with Gasteiger partial charge in [-0.25, -0.2) is 0 Å². The van der Waals surface area contributed by atoms with Crippen molar-refractivity contribution in [3.63, 3.8) is 0 Å². The number of anilines is 1. The Morgan fingerprint density at radius 1 is 1.81 bits per heavy atom. The summed E-state index contributed by atoms with van der Waals surface area (Å²) in [5.74, 6) is 0.187. The Morgan fingerprint density at radius 2 is 2.62 bits per heavy atom.